The van der Waals surface area contributed by atoms with Gasteiger partial charge in [-0.1, -0.05) is 138 Å². The highest BCUT2D eigenvalue weighted by Crippen LogP contribution is 2.35. The SMILES string of the molecule is C=C(C)CN(CC(C)(C)C(C)CC(=C)CCCCCCCCCC)C(=C)CCCSSCCCC(=O)NCCN1CCCCCC1. The molecule has 46 heavy (non-hydrogen) atoms. The zero-order valence-corrected chi connectivity index (χ0v) is 32.8. The summed E-state index contributed by atoms with van der Waals surface area (Å²) in [5.74, 6) is 2.93. The molecule has 1 saturated heterocycles. The first-order chi connectivity index (χ1) is 22.0. The van der Waals surface area contributed by atoms with E-state index in [1.54, 1.807) is 0 Å². The zero-order valence-electron chi connectivity index (χ0n) is 31.2. The fourth-order valence-electron chi connectivity index (χ4n) is 6.28. The van der Waals surface area contributed by atoms with Gasteiger partial charge in [-0.2, -0.15) is 0 Å². The van der Waals surface area contributed by atoms with E-state index in [-0.39, 0.29) is 11.3 Å². The average Bonchev–Trinajstić information content (AvgIpc) is 3.28. The Bertz CT molecular complexity index is 834. The molecule has 1 fully saturated rings. The number of carbonyl (C=O) groups is 1. The number of carbonyl (C=O) groups excluding carboxylic acids is 1. The average molecular weight is 678 g/mol. The fraction of sp³-hybridized carbons (Fsp3) is 0.825. The van der Waals surface area contributed by atoms with Gasteiger partial charge >= 0.3 is 0 Å². The van der Waals surface area contributed by atoms with Crippen molar-refractivity contribution < 1.29 is 4.79 Å². The molecule has 1 atom stereocenters. The van der Waals surface area contributed by atoms with Gasteiger partial charge < -0.3 is 15.1 Å². The van der Waals surface area contributed by atoms with Crippen molar-refractivity contribution >= 4 is 27.5 Å². The van der Waals surface area contributed by atoms with E-state index in [4.69, 9.17) is 0 Å². The summed E-state index contributed by atoms with van der Waals surface area (Å²) in [4.78, 5) is 17.2. The van der Waals surface area contributed by atoms with Gasteiger partial charge in [0.1, 0.15) is 0 Å². The molecular formula is C40H75N3OS2. The van der Waals surface area contributed by atoms with Gasteiger partial charge in [0.2, 0.25) is 5.91 Å². The molecular weight excluding hydrogens is 603 g/mol. The molecule has 1 heterocycles. The molecule has 1 aliphatic heterocycles. The van der Waals surface area contributed by atoms with Crippen LogP contribution in [-0.2, 0) is 4.79 Å². The first kappa shape index (κ1) is 43.2. The Morgan fingerprint density at radius 3 is 2.04 bits per heavy atom. The van der Waals surface area contributed by atoms with Gasteiger partial charge in [0.05, 0.1) is 0 Å². The highest BCUT2D eigenvalue weighted by atomic mass is 33.1. The number of hydrogen-bond donors (Lipinski definition) is 1. The molecule has 0 aromatic heterocycles. The number of hydrogen-bond acceptors (Lipinski definition) is 5. The Labute approximate surface area is 295 Å². The molecule has 4 nitrogen and oxygen atoms in total. The lowest BCUT2D eigenvalue weighted by atomic mass is 9.75. The molecule has 0 aromatic rings. The van der Waals surface area contributed by atoms with Gasteiger partial charge in [0.15, 0.2) is 0 Å². The van der Waals surface area contributed by atoms with Crippen LogP contribution in [0.2, 0.25) is 0 Å². The Kier molecular flexibility index (Phi) is 25.4. The molecule has 1 aliphatic rings. The van der Waals surface area contributed by atoms with Crippen LogP contribution in [0.25, 0.3) is 0 Å². The topological polar surface area (TPSA) is 35.6 Å². The maximum atomic E-state index is 12.2. The van der Waals surface area contributed by atoms with Crippen molar-refractivity contribution in [3.8, 4) is 0 Å². The van der Waals surface area contributed by atoms with Crippen LogP contribution in [0.1, 0.15) is 150 Å². The number of allylic oxidation sites excluding steroid dienone is 2. The first-order valence-electron chi connectivity index (χ1n) is 19.0. The van der Waals surface area contributed by atoms with Crippen LogP contribution in [0.3, 0.4) is 0 Å². The summed E-state index contributed by atoms with van der Waals surface area (Å²) >= 11 is 0. The maximum absolute atomic E-state index is 12.2. The zero-order chi connectivity index (χ0) is 34.0. The summed E-state index contributed by atoms with van der Waals surface area (Å²) in [6.45, 7) is 31.0. The molecule has 1 rings (SSSR count). The van der Waals surface area contributed by atoms with Crippen LogP contribution in [0.15, 0.2) is 36.6 Å². The molecule has 1 N–H and O–H groups in total. The van der Waals surface area contributed by atoms with Crippen molar-refractivity contribution in [3.63, 3.8) is 0 Å². The summed E-state index contributed by atoms with van der Waals surface area (Å²) in [7, 11) is 3.85. The molecule has 0 spiro atoms. The molecule has 0 saturated carbocycles. The predicted octanol–water partition coefficient (Wildman–Crippen LogP) is 11.5. The molecule has 0 aromatic carbocycles. The molecule has 1 unspecified atom stereocenters. The minimum Gasteiger partial charge on any atom is -0.371 e. The summed E-state index contributed by atoms with van der Waals surface area (Å²) in [6.07, 6.45) is 22.3. The van der Waals surface area contributed by atoms with E-state index in [2.05, 4.69) is 69.5 Å². The van der Waals surface area contributed by atoms with E-state index in [1.807, 2.05) is 21.6 Å². The molecule has 0 bridgehead atoms. The van der Waals surface area contributed by atoms with Gasteiger partial charge in [0, 0.05) is 49.8 Å². The number of likely N-dealkylation sites (tertiary alicyclic amines) is 1. The van der Waals surface area contributed by atoms with Gasteiger partial charge in [0.25, 0.3) is 0 Å². The van der Waals surface area contributed by atoms with Crippen molar-refractivity contribution in [1.29, 1.82) is 0 Å². The highest BCUT2D eigenvalue weighted by Gasteiger charge is 2.29. The van der Waals surface area contributed by atoms with Crippen LogP contribution >= 0.6 is 21.6 Å². The Morgan fingerprint density at radius 1 is 0.848 bits per heavy atom. The normalized spacial score (nSPS) is 14.9. The van der Waals surface area contributed by atoms with Crippen molar-refractivity contribution in [1.82, 2.24) is 15.1 Å². The molecule has 6 heteroatoms. The van der Waals surface area contributed by atoms with Crippen LogP contribution in [0.5, 0.6) is 0 Å². The van der Waals surface area contributed by atoms with Crippen molar-refractivity contribution in [2.75, 3.05) is 50.8 Å². The third-order valence-electron chi connectivity index (χ3n) is 9.68. The number of unbranched alkanes of at least 4 members (excludes halogenated alkanes) is 7. The molecule has 0 aliphatic carbocycles. The van der Waals surface area contributed by atoms with Gasteiger partial charge in [-0.3, -0.25) is 4.79 Å². The third kappa shape index (κ3) is 22.7. The summed E-state index contributed by atoms with van der Waals surface area (Å²) in [6, 6.07) is 0. The second-order valence-electron chi connectivity index (χ2n) is 14.9. The van der Waals surface area contributed by atoms with Gasteiger partial charge in [-0.25, -0.2) is 0 Å². The Morgan fingerprint density at radius 2 is 1.43 bits per heavy atom. The Balaban J connectivity index is 2.24. The van der Waals surface area contributed by atoms with Crippen LogP contribution < -0.4 is 5.32 Å². The smallest absolute Gasteiger partial charge is 0.220 e. The molecule has 1 amide bonds. The van der Waals surface area contributed by atoms with Crippen LogP contribution in [-0.4, -0.2) is 66.5 Å². The van der Waals surface area contributed by atoms with Crippen molar-refractivity contribution in [2.24, 2.45) is 11.3 Å². The van der Waals surface area contributed by atoms with Crippen molar-refractivity contribution in [2.45, 2.75) is 150 Å². The minimum atomic E-state index is 0.171. The lowest BCUT2D eigenvalue weighted by molar-refractivity contribution is -0.121. The number of amides is 1. The van der Waals surface area contributed by atoms with E-state index >= 15 is 0 Å². The van der Waals surface area contributed by atoms with E-state index < -0.39 is 0 Å². The fourth-order valence-corrected chi connectivity index (χ4v) is 8.45. The number of nitrogens with zero attached hydrogens (tertiary/aromatic N) is 2. The van der Waals surface area contributed by atoms with E-state index in [9.17, 15) is 4.79 Å². The van der Waals surface area contributed by atoms with Crippen molar-refractivity contribution in [3.05, 3.63) is 36.6 Å². The summed E-state index contributed by atoms with van der Waals surface area (Å²) in [5.41, 5.74) is 4.03. The number of nitrogens with one attached hydrogen (secondary N) is 1. The third-order valence-corrected chi connectivity index (χ3v) is 12.3. The second kappa shape index (κ2) is 27.0. The van der Waals surface area contributed by atoms with E-state index in [0.29, 0.717) is 12.3 Å². The lowest BCUT2D eigenvalue weighted by Crippen LogP contribution is -2.38. The van der Waals surface area contributed by atoms with Gasteiger partial charge in [-0.05, 0) is 82.7 Å². The predicted molar refractivity (Wildman–Crippen MR) is 211 cm³/mol. The van der Waals surface area contributed by atoms with E-state index in [0.717, 1.165) is 63.4 Å². The standard InChI is InChI=1S/C40H75N3OS2/c1-9-10-11-12-13-14-15-18-23-36(4)32-37(5)40(7,8)34-43(33-35(2)3)38(6)24-21-30-45-46-31-22-25-39(44)41-26-29-42-27-19-16-17-20-28-42/h37H,2,4,6,9-34H2,1,3,5,7-8H3,(H,41,44). The quantitative estimate of drug-likeness (QED) is 0.0484. The van der Waals surface area contributed by atoms with E-state index in [1.165, 1.54) is 113 Å². The lowest BCUT2D eigenvalue weighted by Gasteiger charge is -2.39. The molecule has 268 valence electrons. The van der Waals surface area contributed by atoms with Crippen LogP contribution in [0, 0.1) is 11.3 Å². The Hall–Kier alpha value is -0.850. The summed E-state index contributed by atoms with van der Waals surface area (Å²) < 4.78 is 0. The second-order valence-corrected chi connectivity index (χ2v) is 17.6. The summed E-state index contributed by atoms with van der Waals surface area (Å²) in [5, 5.41) is 3.13. The van der Waals surface area contributed by atoms with Gasteiger partial charge in [-0.15, -0.1) is 0 Å². The number of rotatable bonds is 29. The largest absolute Gasteiger partial charge is 0.371 e. The molecule has 0 radical (unpaired) electrons. The minimum absolute atomic E-state index is 0.171. The first-order valence-corrected chi connectivity index (χ1v) is 21.5. The monoisotopic (exact) mass is 678 g/mol. The highest BCUT2D eigenvalue weighted by molar-refractivity contribution is 8.76. The maximum Gasteiger partial charge on any atom is 0.220 e. The van der Waals surface area contributed by atoms with Crippen LogP contribution in [0.4, 0.5) is 0 Å².